The van der Waals surface area contributed by atoms with Crippen LogP contribution in [0.4, 0.5) is 0 Å². The molecule has 100 valence electrons. The van der Waals surface area contributed by atoms with E-state index in [0.29, 0.717) is 12.3 Å². The highest BCUT2D eigenvalue weighted by Crippen LogP contribution is 2.44. The molecule has 0 saturated heterocycles. The number of carboxylic acid groups (broad SMARTS) is 1. The molecule has 2 saturated carbocycles. The van der Waals surface area contributed by atoms with E-state index in [1.807, 2.05) is 24.3 Å². The molecule has 2 aliphatic carbocycles. The van der Waals surface area contributed by atoms with Crippen molar-refractivity contribution >= 4 is 12.4 Å². The molecule has 0 bridgehead atoms. The summed E-state index contributed by atoms with van der Waals surface area (Å²) in [6.07, 6.45) is 4.75. The molecule has 4 nitrogen and oxygen atoms in total. The maximum Gasteiger partial charge on any atom is 0.331 e. The van der Waals surface area contributed by atoms with Gasteiger partial charge in [0.2, 0.25) is 6.41 Å². The van der Waals surface area contributed by atoms with Crippen LogP contribution in [-0.2, 0) is 9.59 Å². The predicted octanol–water partition coefficient (Wildman–Crippen LogP) is 2.31. The fourth-order valence-electron chi connectivity index (χ4n) is 2.68. The van der Waals surface area contributed by atoms with E-state index in [1.165, 1.54) is 4.90 Å². The molecule has 1 aromatic carbocycles. The zero-order valence-corrected chi connectivity index (χ0v) is 10.7. The summed E-state index contributed by atoms with van der Waals surface area (Å²) < 4.78 is 0. The fourth-order valence-corrected chi connectivity index (χ4v) is 2.68. The molecule has 1 amide bonds. The van der Waals surface area contributed by atoms with Gasteiger partial charge in [-0.05, 0) is 42.7 Å². The lowest BCUT2D eigenvalue weighted by atomic mass is 9.96. The zero-order valence-electron chi connectivity index (χ0n) is 10.7. The summed E-state index contributed by atoms with van der Waals surface area (Å²) >= 11 is 0. The van der Waals surface area contributed by atoms with E-state index in [9.17, 15) is 14.7 Å². The highest BCUT2D eigenvalue weighted by Gasteiger charge is 2.39. The van der Waals surface area contributed by atoms with E-state index >= 15 is 0 Å². The number of carbonyl (C=O) groups is 2. The highest BCUT2D eigenvalue weighted by atomic mass is 16.4. The molecule has 0 radical (unpaired) electrons. The molecular weight excluding hydrogens is 242 g/mol. The van der Waals surface area contributed by atoms with Crippen molar-refractivity contribution in [3.05, 3.63) is 35.4 Å². The normalized spacial score (nSPS) is 19.8. The first-order chi connectivity index (χ1) is 9.22. The quantitative estimate of drug-likeness (QED) is 0.797. The summed E-state index contributed by atoms with van der Waals surface area (Å²) in [5.74, 6) is -0.460. The number of amides is 1. The van der Waals surface area contributed by atoms with Gasteiger partial charge in [-0.3, -0.25) is 4.79 Å². The van der Waals surface area contributed by atoms with Crippen LogP contribution in [0.3, 0.4) is 0 Å². The second-order valence-corrected chi connectivity index (χ2v) is 5.43. The standard InChI is InChI=1S/C15H17NO3/c17-9-16(11-7-8-11)14(15(18)19)13-4-2-1-3-12(13)10-5-6-10/h1-4,9-11,14H,5-8H2,(H,18,19). The molecule has 2 aliphatic rings. The average molecular weight is 259 g/mol. The van der Waals surface area contributed by atoms with Gasteiger partial charge >= 0.3 is 5.97 Å². The van der Waals surface area contributed by atoms with Crippen molar-refractivity contribution in [2.75, 3.05) is 0 Å². The Morgan fingerprint density at radius 3 is 2.47 bits per heavy atom. The SMILES string of the molecule is O=CN(C1CC1)C(C(=O)O)c1ccccc1C1CC1. The Morgan fingerprint density at radius 1 is 1.26 bits per heavy atom. The van der Waals surface area contributed by atoms with Crippen molar-refractivity contribution in [2.45, 2.75) is 43.7 Å². The van der Waals surface area contributed by atoms with Gasteiger partial charge in [-0.1, -0.05) is 24.3 Å². The van der Waals surface area contributed by atoms with Crippen LogP contribution in [0, 0.1) is 0 Å². The number of aliphatic carboxylic acids is 1. The Balaban J connectivity index is 1.99. The monoisotopic (exact) mass is 259 g/mol. The van der Waals surface area contributed by atoms with Crippen LogP contribution in [0.2, 0.25) is 0 Å². The minimum atomic E-state index is -0.938. The van der Waals surface area contributed by atoms with Crippen LogP contribution in [0.15, 0.2) is 24.3 Å². The molecule has 0 aliphatic heterocycles. The van der Waals surface area contributed by atoms with Crippen molar-refractivity contribution in [3.8, 4) is 0 Å². The Morgan fingerprint density at radius 2 is 1.95 bits per heavy atom. The minimum Gasteiger partial charge on any atom is -0.479 e. The van der Waals surface area contributed by atoms with Crippen LogP contribution < -0.4 is 0 Å². The fraction of sp³-hybridized carbons (Fsp3) is 0.467. The molecule has 1 aromatic rings. The average Bonchev–Trinajstić information content (AvgIpc) is 3.29. The third kappa shape index (κ3) is 2.35. The summed E-state index contributed by atoms with van der Waals surface area (Å²) in [6.45, 7) is 0. The van der Waals surface area contributed by atoms with Crippen molar-refractivity contribution in [3.63, 3.8) is 0 Å². The number of hydrogen-bond acceptors (Lipinski definition) is 2. The van der Waals surface area contributed by atoms with Crippen molar-refractivity contribution in [1.82, 2.24) is 4.90 Å². The van der Waals surface area contributed by atoms with Gasteiger partial charge in [0.15, 0.2) is 6.04 Å². The summed E-state index contributed by atoms with van der Waals surface area (Å²) in [5.41, 5.74) is 1.89. The molecule has 0 heterocycles. The second-order valence-electron chi connectivity index (χ2n) is 5.43. The summed E-state index contributed by atoms with van der Waals surface area (Å²) in [4.78, 5) is 24.4. The highest BCUT2D eigenvalue weighted by molar-refractivity contribution is 5.79. The molecule has 1 N–H and O–H groups in total. The Hall–Kier alpha value is -1.84. The first-order valence-corrected chi connectivity index (χ1v) is 6.76. The van der Waals surface area contributed by atoms with E-state index < -0.39 is 12.0 Å². The van der Waals surface area contributed by atoms with Crippen LogP contribution >= 0.6 is 0 Å². The molecule has 0 aromatic heterocycles. The topological polar surface area (TPSA) is 57.6 Å². The molecule has 19 heavy (non-hydrogen) atoms. The van der Waals surface area contributed by atoms with Gasteiger partial charge in [0.05, 0.1) is 0 Å². The van der Waals surface area contributed by atoms with Gasteiger partial charge < -0.3 is 10.0 Å². The first-order valence-electron chi connectivity index (χ1n) is 6.76. The van der Waals surface area contributed by atoms with Gasteiger partial charge in [0.25, 0.3) is 0 Å². The van der Waals surface area contributed by atoms with Crippen LogP contribution in [0.1, 0.15) is 48.8 Å². The van der Waals surface area contributed by atoms with Crippen molar-refractivity contribution in [1.29, 1.82) is 0 Å². The molecule has 2 fully saturated rings. The predicted molar refractivity (Wildman–Crippen MR) is 69.7 cm³/mol. The molecular formula is C15H17NO3. The summed E-state index contributed by atoms with van der Waals surface area (Å²) in [6, 6.07) is 6.92. The van der Waals surface area contributed by atoms with Crippen LogP contribution in [-0.4, -0.2) is 28.4 Å². The van der Waals surface area contributed by atoms with E-state index in [1.54, 1.807) is 0 Å². The summed E-state index contributed by atoms with van der Waals surface area (Å²) in [7, 11) is 0. The number of carbonyl (C=O) groups excluding carboxylic acids is 1. The van der Waals surface area contributed by atoms with Crippen LogP contribution in [0.25, 0.3) is 0 Å². The van der Waals surface area contributed by atoms with Crippen molar-refractivity contribution in [2.24, 2.45) is 0 Å². The van der Waals surface area contributed by atoms with E-state index in [-0.39, 0.29) is 6.04 Å². The van der Waals surface area contributed by atoms with Crippen LogP contribution in [0.5, 0.6) is 0 Å². The third-order valence-electron chi connectivity index (χ3n) is 3.93. The van der Waals surface area contributed by atoms with Gasteiger partial charge in [0.1, 0.15) is 0 Å². The number of rotatable bonds is 6. The molecule has 4 heteroatoms. The minimum absolute atomic E-state index is 0.103. The zero-order chi connectivity index (χ0) is 13.4. The molecule has 1 atom stereocenters. The second kappa shape index (κ2) is 4.68. The first kappa shape index (κ1) is 12.2. The van der Waals surface area contributed by atoms with Gasteiger partial charge in [-0.25, -0.2) is 4.79 Å². The number of nitrogens with zero attached hydrogens (tertiary/aromatic N) is 1. The number of carboxylic acids is 1. The maximum atomic E-state index is 11.6. The summed E-state index contributed by atoms with van der Waals surface area (Å²) in [5, 5.41) is 9.53. The third-order valence-corrected chi connectivity index (χ3v) is 3.93. The maximum absolute atomic E-state index is 11.6. The lowest BCUT2D eigenvalue weighted by molar-refractivity contribution is -0.147. The Bertz CT molecular complexity index is 506. The van der Waals surface area contributed by atoms with E-state index in [2.05, 4.69) is 0 Å². The largest absolute Gasteiger partial charge is 0.479 e. The van der Waals surface area contributed by atoms with Gasteiger partial charge in [-0.15, -0.1) is 0 Å². The lowest BCUT2D eigenvalue weighted by Crippen LogP contribution is -2.35. The van der Waals surface area contributed by atoms with Crippen molar-refractivity contribution < 1.29 is 14.7 Å². The van der Waals surface area contributed by atoms with E-state index in [4.69, 9.17) is 0 Å². The van der Waals surface area contributed by atoms with Gasteiger partial charge in [-0.2, -0.15) is 0 Å². The van der Waals surface area contributed by atoms with Gasteiger partial charge in [0, 0.05) is 6.04 Å². The lowest BCUT2D eigenvalue weighted by Gasteiger charge is -2.27. The number of benzene rings is 1. The smallest absolute Gasteiger partial charge is 0.331 e. The Kier molecular flexibility index (Phi) is 3.01. The molecule has 1 unspecified atom stereocenters. The van der Waals surface area contributed by atoms with E-state index in [0.717, 1.165) is 36.8 Å². The molecule has 0 spiro atoms. The number of hydrogen-bond donors (Lipinski definition) is 1. The molecule has 3 rings (SSSR count). The Labute approximate surface area is 112 Å².